The van der Waals surface area contributed by atoms with Gasteiger partial charge in [-0.1, -0.05) is 20.3 Å². The van der Waals surface area contributed by atoms with E-state index in [1.165, 1.54) is 5.56 Å². The molecule has 0 saturated carbocycles. The van der Waals surface area contributed by atoms with Crippen LogP contribution in [0.4, 0.5) is 0 Å². The summed E-state index contributed by atoms with van der Waals surface area (Å²) in [6.07, 6.45) is 7.10. The van der Waals surface area contributed by atoms with Crippen LogP contribution in [-0.4, -0.2) is 31.5 Å². The summed E-state index contributed by atoms with van der Waals surface area (Å²) in [5, 5.41) is 3.31. The number of sulfone groups is 1. The Hall–Kier alpha value is -0.810. The average Bonchev–Trinajstić information content (AvgIpc) is 2.84. The van der Waals surface area contributed by atoms with Crippen molar-refractivity contribution in [3.63, 3.8) is 0 Å². The van der Waals surface area contributed by atoms with Crippen LogP contribution in [0.2, 0.25) is 0 Å². The molecule has 4 nitrogen and oxygen atoms in total. The van der Waals surface area contributed by atoms with Crippen molar-refractivity contribution >= 4 is 9.84 Å². The van der Waals surface area contributed by atoms with E-state index in [9.17, 15) is 8.42 Å². The Labute approximate surface area is 117 Å². The molecule has 0 amide bonds. The van der Waals surface area contributed by atoms with Gasteiger partial charge < -0.3 is 9.88 Å². The highest BCUT2D eigenvalue weighted by molar-refractivity contribution is 7.91. The Morgan fingerprint density at radius 2 is 2.11 bits per heavy atom. The minimum Gasteiger partial charge on any atom is -0.354 e. The van der Waals surface area contributed by atoms with Gasteiger partial charge in [-0.15, -0.1) is 0 Å². The van der Waals surface area contributed by atoms with E-state index >= 15 is 0 Å². The molecule has 0 aromatic carbocycles. The predicted octanol–water partition coefficient (Wildman–Crippen LogP) is 2.37. The third-order valence-electron chi connectivity index (χ3n) is 3.41. The first-order chi connectivity index (χ1) is 9.02. The van der Waals surface area contributed by atoms with Gasteiger partial charge in [0.15, 0.2) is 0 Å². The summed E-state index contributed by atoms with van der Waals surface area (Å²) in [5.41, 5.74) is 1.28. The molecule has 0 radical (unpaired) electrons. The van der Waals surface area contributed by atoms with Crippen molar-refractivity contribution in [2.45, 2.75) is 45.7 Å². The fourth-order valence-electron chi connectivity index (χ4n) is 2.18. The van der Waals surface area contributed by atoms with E-state index in [0.29, 0.717) is 12.5 Å². The van der Waals surface area contributed by atoms with Crippen molar-refractivity contribution in [1.29, 1.82) is 0 Å². The molecule has 110 valence electrons. The second kappa shape index (κ2) is 7.70. The first kappa shape index (κ1) is 16.2. The van der Waals surface area contributed by atoms with Crippen LogP contribution < -0.4 is 5.32 Å². The van der Waals surface area contributed by atoms with Crippen LogP contribution in [0.1, 0.15) is 44.7 Å². The number of rotatable bonds is 9. The summed E-state index contributed by atoms with van der Waals surface area (Å²) in [4.78, 5) is 0. The molecule has 1 rings (SSSR count). The average molecular weight is 286 g/mol. The zero-order valence-corrected chi connectivity index (χ0v) is 13.0. The second-order valence-electron chi connectivity index (χ2n) is 4.90. The van der Waals surface area contributed by atoms with E-state index in [2.05, 4.69) is 29.1 Å². The molecule has 1 N–H and O–H groups in total. The maximum atomic E-state index is 11.4. The van der Waals surface area contributed by atoms with Crippen molar-refractivity contribution in [2.24, 2.45) is 0 Å². The van der Waals surface area contributed by atoms with Crippen LogP contribution in [-0.2, 0) is 16.4 Å². The Balaban J connectivity index is 2.51. The molecular formula is C14H26N2O2S. The smallest absolute Gasteiger partial charge is 0.150 e. The number of hydrogen-bond acceptors (Lipinski definition) is 3. The van der Waals surface area contributed by atoms with Gasteiger partial charge in [-0.3, -0.25) is 0 Å². The third-order valence-corrected chi connectivity index (χ3v) is 5.20. The maximum Gasteiger partial charge on any atom is 0.150 e. The van der Waals surface area contributed by atoms with Gasteiger partial charge in [0.2, 0.25) is 0 Å². The highest BCUT2D eigenvalue weighted by Crippen LogP contribution is 2.18. The molecule has 1 unspecified atom stereocenters. The second-order valence-corrected chi connectivity index (χ2v) is 7.38. The Morgan fingerprint density at radius 1 is 1.37 bits per heavy atom. The maximum absolute atomic E-state index is 11.4. The number of nitrogens with one attached hydrogen (secondary N) is 1. The van der Waals surface area contributed by atoms with Gasteiger partial charge in [-0.2, -0.15) is 0 Å². The van der Waals surface area contributed by atoms with Gasteiger partial charge in [0, 0.05) is 30.7 Å². The summed E-state index contributed by atoms with van der Waals surface area (Å²) in [6.45, 7) is 4.64. The minimum absolute atomic E-state index is 0.238. The van der Waals surface area contributed by atoms with Crippen molar-refractivity contribution in [2.75, 3.05) is 18.6 Å². The van der Waals surface area contributed by atoms with Crippen LogP contribution in [0, 0.1) is 0 Å². The summed E-state index contributed by atoms with van der Waals surface area (Å²) in [7, 11) is -0.860. The number of nitrogens with zero attached hydrogens (tertiary/aromatic N) is 1. The lowest BCUT2D eigenvalue weighted by atomic mass is 10.1. The Morgan fingerprint density at radius 3 is 2.68 bits per heavy atom. The van der Waals surface area contributed by atoms with Gasteiger partial charge in [-0.05, 0) is 31.5 Å². The number of aryl methyl sites for hydroxylation is 1. The minimum atomic E-state index is -2.84. The highest BCUT2D eigenvalue weighted by atomic mass is 32.2. The van der Waals surface area contributed by atoms with E-state index in [1.807, 2.05) is 13.2 Å². The van der Waals surface area contributed by atoms with E-state index < -0.39 is 9.84 Å². The third kappa shape index (κ3) is 5.37. The van der Waals surface area contributed by atoms with Gasteiger partial charge in [0.05, 0.1) is 5.75 Å². The van der Waals surface area contributed by atoms with Crippen molar-refractivity contribution in [3.8, 4) is 0 Å². The van der Waals surface area contributed by atoms with Crippen LogP contribution in [0.15, 0.2) is 18.5 Å². The van der Waals surface area contributed by atoms with E-state index in [0.717, 1.165) is 19.4 Å². The molecule has 0 bridgehead atoms. The van der Waals surface area contributed by atoms with Crippen LogP contribution in [0.3, 0.4) is 0 Å². The van der Waals surface area contributed by atoms with E-state index in [4.69, 9.17) is 0 Å². The Kier molecular flexibility index (Phi) is 6.58. The first-order valence-corrected chi connectivity index (χ1v) is 8.88. The van der Waals surface area contributed by atoms with Crippen LogP contribution in [0.25, 0.3) is 0 Å². The van der Waals surface area contributed by atoms with Crippen LogP contribution >= 0.6 is 0 Å². The van der Waals surface area contributed by atoms with Gasteiger partial charge in [0.1, 0.15) is 9.84 Å². The lowest BCUT2D eigenvalue weighted by Crippen LogP contribution is -2.15. The predicted molar refractivity (Wildman–Crippen MR) is 80.1 cm³/mol. The van der Waals surface area contributed by atoms with E-state index in [-0.39, 0.29) is 11.5 Å². The lowest BCUT2D eigenvalue weighted by Gasteiger charge is -2.13. The zero-order chi connectivity index (χ0) is 14.3. The van der Waals surface area contributed by atoms with Gasteiger partial charge in [0.25, 0.3) is 0 Å². The summed E-state index contributed by atoms with van der Waals surface area (Å²) in [5.74, 6) is 0.518. The molecule has 1 aromatic heterocycles. The topological polar surface area (TPSA) is 51.1 Å². The molecule has 0 aliphatic heterocycles. The molecule has 5 heteroatoms. The molecule has 1 aromatic rings. The van der Waals surface area contributed by atoms with Crippen molar-refractivity contribution < 1.29 is 8.42 Å². The highest BCUT2D eigenvalue weighted by Gasteiger charge is 2.10. The summed E-state index contributed by atoms with van der Waals surface area (Å²) >= 11 is 0. The van der Waals surface area contributed by atoms with Gasteiger partial charge >= 0.3 is 0 Å². The zero-order valence-electron chi connectivity index (χ0n) is 12.2. The largest absolute Gasteiger partial charge is 0.354 e. The normalized spacial score (nSPS) is 13.6. The summed E-state index contributed by atoms with van der Waals surface area (Å²) < 4.78 is 24.9. The molecule has 0 aliphatic rings. The van der Waals surface area contributed by atoms with E-state index in [1.54, 1.807) is 6.92 Å². The molecule has 0 spiro atoms. The van der Waals surface area contributed by atoms with Crippen molar-refractivity contribution in [1.82, 2.24) is 9.88 Å². The molecule has 0 aliphatic carbocycles. The monoisotopic (exact) mass is 286 g/mol. The SMILES string of the molecule is CCCC(NC)c1ccn(CCCS(=O)(=O)CC)c1. The fourth-order valence-corrected chi connectivity index (χ4v) is 3.04. The molecule has 1 atom stereocenters. The first-order valence-electron chi connectivity index (χ1n) is 7.05. The van der Waals surface area contributed by atoms with Crippen LogP contribution in [0.5, 0.6) is 0 Å². The number of hydrogen-bond donors (Lipinski definition) is 1. The summed E-state index contributed by atoms with van der Waals surface area (Å²) in [6, 6.07) is 2.51. The standard InChI is InChI=1S/C14H26N2O2S/c1-4-7-14(15-3)13-8-10-16(12-13)9-6-11-19(17,18)5-2/h8,10,12,14-15H,4-7,9,11H2,1-3H3. The molecule has 1 heterocycles. The molecule has 0 saturated heterocycles. The van der Waals surface area contributed by atoms with Gasteiger partial charge in [-0.25, -0.2) is 8.42 Å². The lowest BCUT2D eigenvalue weighted by molar-refractivity contribution is 0.539. The fraction of sp³-hybridized carbons (Fsp3) is 0.714. The molecule has 19 heavy (non-hydrogen) atoms. The van der Waals surface area contributed by atoms with Crippen molar-refractivity contribution in [3.05, 3.63) is 24.0 Å². The molecule has 0 fully saturated rings. The molecular weight excluding hydrogens is 260 g/mol. The Bertz CT molecular complexity index is 466. The number of aromatic nitrogens is 1. The quantitative estimate of drug-likeness (QED) is 0.758.